The van der Waals surface area contributed by atoms with Crippen molar-refractivity contribution in [1.29, 1.82) is 0 Å². The summed E-state index contributed by atoms with van der Waals surface area (Å²) in [6.07, 6.45) is 8.20. The number of aromatic hydroxyl groups is 1. The number of allylic oxidation sites excluding steroid dienone is 4. The summed E-state index contributed by atoms with van der Waals surface area (Å²) in [4.78, 5) is 11.4. The van der Waals surface area contributed by atoms with Crippen molar-refractivity contribution in [3.8, 4) is 5.75 Å². The first-order chi connectivity index (χ1) is 9.50. The molecule has 1 aromatic carbocycles. The number of nitrogens with two attached hydrogens (primary N) is 1. The predicted octanol–water partition coefficient (Wildman–Crippen LogP) is 2.65. The molecule has 1 aliphatic rings. The monoisotopic (exact) mass is 270 g/mol. The van der Waals surface area contributed by atoms with E-state index in [0.717, 1.165) is 21.7 Å². The maximum Gasteiger partial charge on any atom is 0.238 e. The van der Waals surface area contributed by atoms with Crippen LogP contribution in [0.3, 0.4) is 0 Å². The van der Waals surface area contributed by atoms with Crippen LogP contribution in [0.4, 0.5) is 0 Å². The first kappa shape index (κ1) is 14.1. The number of carbonyl (C=O) groups excluding carboxylic acids is 1. The molecular formula is C16H18N2O2. The molecule has 0 saturated heterocycles. The highest BCUT2D eigenvalue weighted by atomic mass is 16.3. The Balaban J connectivity index is 2.45. The van der Waals surface area contributed by atoms with Crippen molar-refractivity contribution in [3.63, 3.8) is 0 Å². The molecule has 0 heterocycles. The van der Waals surface area contributed by atoms with Gasteiger partial charge in [0.05, 0.1) is 5.70 Å². The number of phenols is 1. The number of hydrogen-bond donors (Lipinski definition) is 2. The van der Waals surface area contributed by atoms with Gasteiger partial charge in [-0.1, -0.05) is 24.3 Å². The number of benzene rings is 1. The number of rotatable bonds is 2. The summed E-state index contributed by atoms with van der Waals surface area (Å²) in [7, 11) is 0. The molecule has 3 N–H and O–H groups in total. The SMILES string of the molecule is CC(=O)N(N)C1=CC=CCC1=Cc1c(C)cccc1O. The van der Waals surface area contributed by atoms with Gasteiger partial charge in [-0.05, 0) is 42.7 Å². The fourth-order valence-electron chi connectivity index (χ4n) is 2.13. The topological polar surface area (TPSA) is 66.6 Å². The normalized spacial score (nSPS) is 16.1. The van der Waals surface area contributed by atoms with Gasteiger partial charge < -0.3 is 5.11 Å². The van der Waals surface area contributed by atoms with Crippen molar-refractivity contribution in [3.05, 3.63) is 58.8 Å². The smallest absolute Gasteiger partial charge is 0.238 e. The minimum atomic E-state index is -0.230. The number of carbonyl (C=O) groups is 1. The lowest BCUT2D eigenvalue weighted by molar-refractivity contribution is -0.127. The second-order valence-electron chi connectivity index (χ2n) is 4.75. The Kier molecular flexibility index (Phi) is 4.05. The summed E-state index contributed by atoms with van der Waals surface area (Å²) in [5, 5.41) is 11.1. The van der Waals surface area contributed by atoms with E-state index in [0.29, 0.717) is 12.1 Å². The summed E-state index contributed by atoms with van der Waals surface area (Å²) >= 11 is 0. The standard InChI is InChI=1S/C16H18N2O2/c1-11-6-5-9-16(20)14(11)10-13-7-3-4-8-15(13)18(17)12(2)19/h3-6,8-10,20H,7,17H2,1-2H3. The molecule has 0 atom stereocenters. The second-order valence-corrected chi connectivity index (χ2v) is 4.75. The molecule has 0 aromatic heterocycles. The molecule has 20 heavy (non-hydrogen) atoms. The average molecular weight is 270 g/mol. The molecule has 1 aromatic rings. The number of hydrazine groups is 1. The van der Waals surface area contributed by atoms with Crippen molar-refractivity contribution in [2.24, 2.45) is 5.84 Å². The molecule has 0 aliphatic heterocycles. The minimum Gasteiger partial charge on any atom is -0.507 e. The predicted molar refractivity (Wildman–Crippen MR) is 79.4 cm³/mol. The zero-order valence-electron chi connectivity index (χ0n) is 11.6. The molecule has 0 spiro atoms. The quantitative estimate of drug-likeness (QED) is 0.493. The van der Waals surface area contributed by atoms with Gasteiger partial charge in [0.15, 0.2) is 0 Å². The number of amides is 1. The largest absolute Gasteiger partial charge is 0.507 e. The molecule has 1 amide bonds. The molecule has 104 valence electrons. The number of aryl methyl sites for hydroxylation is 1. The van der Waals surface area contributed by atoms with Crippen LogP contribution in [0.5, 0.6) is 5.75 Å². The van der Waals surface area contributed by atoms with E-state index in [9.17, 15) is 9.90 Å². The fraction of sp³-hybridized carbons (Fsp3) is 0.188. The molecule has 0 radical (unpaired) electrons. The minimum absolute atomic E-state index is 0.220. The van der Waals surface area contributed by atoms with Crippen LogP contribution in [0.15, 0.2) is 47.7 Å². The molecule has 4 heteroatoms. The van der Waals surface area contributed by atoms with Crippen molar-refractivity contribution in [2.45, 2.75) is 20.3 Å². The van der Waals surface area contributed by atoms with Crippen molar-refractivity contribution < 1.29 is 9.90 Å². The van der Waals surface area contributed by atoms with E-state index in [2.05, 4.69) is 0 Å². The van der Waals surface area contributed by atoms with E-state index in [-0.39, 0.29) is 11.7 Å². The van der Waals surface area contributed by atoms with E-state index in [4.69, 9.17) is 5.84 Å². The van der Waals surface area contributed by atoms with Crippen LogP contribution in [-0.2, 0) is 4.79 Å². The fourth-order valence-corrected chi connectivity index (χ4v) is 2.13. The summed E-state index contributed by atoms with van der Waals surface area (Å²) < 4.78 is 0. The lowest BCUT2D eigenvalue weighted by atomic mass is 9.98. The Hall–Kier alpha value is -2.33. The van der Waals surface area contributed by atoms with E-state index < -0.39 is 0 Å². The average Bonchev–Trinajstić information content (AvgIpc) is 2.42. The Morgan fingerprint density at radius 1 is 1.45 bits per heavy atom. The third-order valence-electron chi connectivity index (χ3n) is 3.28. The van der Waals surface area contributed by atoms with Gasteiger partial charge in [-0.3, -0.25) is 4.79 Å². The Morgan fingerprint density at radius 3 is 2.85 bits per heavy atom. The van der Waals surface area contributed by atoms with Gasteiger partial charge >= 0.3 is 0 Å². The molecule has 2 rings (SSSR count). The molecule has 4 nitrogen and oxygen atoms in total. The van der Waals surface area contributed by atoms with Crippen LogP contribution in [-0.4, -0.2) is 16.0 Å². The number of hydrogen-bond acceptors (Lipinski definition) is 3. The molecule has 1 aliphatic carbocycles. The summed E-state index contributed by atoms with van der Waals surface area (Å²) in [6, 6.07) is 5.38. The Morgan fingerprint density at radius 2 is 2.20 bits per heavy atom. The maximum absolute atomic E-state index is 11.4. The van der Waals surface area contributed by atoms with Gasteiger partial charge in [-0.15, -0.1) is 0 Å². The van der Waals surface area contributed by atoms with Crippen LogP contribution in [0.25, 0.3) is 6.08 Å². The lowest BCUT2D eigenvalue weighted by Gasteiger charge is -2.22. The summed E-state index contributed by atoms with van der Waals surface area (Å²) in [5.41, 5.74) is 3.27. The lowest BCUT2D eigenvalue weighted by Crippen LogP contribution is -2.35. The summed E-state index contributed by atoms with van der Waals surface area (Å²) in [5.74, 6) is 5.78. The third kappa shape index (κ3) is 2.81. The highest BCUT2D eigenvalue weighted by Crippen LogP contribution is 2.29. The van der Waals surface area contributed by atoms with Crippen LogP contribution in [0.2, 0.25) is 0 Å². The molecule has 0 unspecified atom stereocenters. The van der Waals surface area contributed by atoms with Crippen LogP contribution < -0.4 is 5.84 Å². The Labute approximate surface area is 118 Å². The summed E-state index contributed by atoms with van der Waals surface area (Å²) in [6.45, 7) is 3.35. The zero-order chi connectivity index (χ0) is 14.7. The molecule has 0 bridgehead atoms. The van der Waals surface area contributed by atoms with Gasteiger partial charge in [-0.25, -0.2) is 10.9 Å². The van der Waals surface area contributed by atoms with Crippen LogP contribution in [0, 0.1) is 6.92 Å². The number of nitrogens with zero attached hydrogens (tertiary/aromatic N) is 1. The van der Waals surface area contributed by atoms with E-state index in [1.54, 1.807) is 18.2 Å². The van der Waals surface area contributed by atoms with Crippen molar-refractivity contribution >= 4 is 12.0 Å². The zero-order valence-corrected chi connectivity index (χ0v) is 11.6. The van der Waals surface area contributed by atoms with E-state index in [1.165, 1.54) is 6.92 Å². The van der Waals surface area contributed by atoms with Crippen LogP contribution >= 0.6 is 0 Å². The van der Waals surface area contributed by atoms with Crippen LogP contribution in [0.1, 0.15) is 24.5 Å². The van der Waals surface area contributed by atoms with Crippen molar-refractivity contribution in [2.75, 3.05) is 0 Å². The molecule has 0 fully saturated rings. The van der Waals surface area contributed by atoms with E-state index in [1.807, 2.05) is 31.2 Å². The van der Waals surface area contributed by atoms with Gasteiger partial charge in [0.1, 0.15) is 5.75 Å². The second kappa shape index (κ2) is 5.75. The molecule has 0 saturated carbocycles. The van der Waals surface area contributed by atoms with Gasteiger partial charge in [0.25, 0.3) is 0 Å². The van der Waals surface area contributed by atoms with E-state index >= 15 is 0 Å². The first-order valence-corrected chi connectivity index (χ1v) is 6.42. The first-order valence-electron chi connectivity index (χ1n) is 6.42. The van der Waals surface area contributed by atoms with Crippen molar-refractivity contribution in [1.82, 2.24) is 5.01 Å². The van der Waals surface area contributed by atoms with Gasteiger partial charge in [0.2, 0.25) is 5.91 Å². The molecular weight excluding hydrogens is 252 g/mol. The third-order valence-corrected chi connectivity index (χ3v) is 3.28. The highest BCUT2D eigenvalue weighted by Gasteiger charge is 2.16. The highest BCUT2D eigenvalue weighted by molar-refractivity contribution is 5.77. The Bertz CT molecular complexity index is 607. The number of phenolic OH excluding ortho intramolecular Hbond substituents is 1. The maximum atomic E-state index is 11.4. The van der Waals surface area contributed by atoms with Gasteiger partial charge in [-0.2, -0.15) is 0 Å². The van der Waals surface area contributed by atoms with Gasteiger partial charge in [0, 0.05) is 12.5 Å².